The molecule has 0 saturated carbocycles. The molecule has 0 atom stereocenters. The molecular weight excluding hydrogens is 270 g/mol. The van der Waals surface area contributed by atoms with Crippen LogP contribution in [-0.4, -0.2) is 35.6 Å². The van der Waals surface area contributed by atoms with E-state index in [1.54, 1.807) is 0 Å². The van der Waals surface area contributed by atoms with E-state index in [0.29, 0.717) is 12.3 Å². The summed E-state index contributed by atoms with van der Waals surface area (Å²) in [5, 5.41) is 5.49. The van der Waals surface area contributed by atoms with Crippen molar-refractivity contribution in [1.82, 2.24) is 5.01 Å². The number of amides is 1. The first-order valence-electron chi connectivity index (χ1n) is 6.96. The summed E-state index contributed by atoms with van der Waals surface area (Å²) in [7, 11) is 0. The zero-order chi connectivity index (χ0) is 15.5. The number of carbonyl (C=O) groups excluding carboxylic acids is 1. The maximum Gasteiger partial charge on any atom is 0.429 e. The highest BCUT2D eigenvalue weighted by Crippen LogP contribution is 2.23. The number of nitrogens with one attached hydrogen (secondary N) is 1. The van der Waals surface area contributed by atoms with Gasteiger partial charge in [-0.1, -0.05) is 23.4 Å². The fourth-order valence-electron chi connectivity index (χ4n) is 1.90. The lowest BCUT2D eigenvalue weighted by molar-refractivity contribution is 0.0317. The lowest BCUT2D eigenvalue weighted by Gasteiger charge is -2.32. The summed E-state index contributed by atoms with van der Waals surface area (Å²) in [6, 6.07) is 7.63. The Kier molecular flexibility index (Phi) is 4.35. The molecule has 1 aromatic carbocycles. The van der Waals surface area contributed by atoms with Crippen molar-refractivity contribution in [3.05, 3.63) is 29.8 Å². The van der Waals surface area contributed by atoms with Crippen LogP contribution in [0, 0.1) is 0 Å². The number of hydrogen-bond acceptors (Lipinski definition) is 5. The van der Waals surface area contributed by atoms with Crippen LogP contribution in [0.5, 0.6) is 0 Å². The van der Waals surface area contributed by atoms with Gasteiger partial charge in [-0.2, -0.15) is 0 Å². The molecule has 1 aliphatic heterocycles. The van der Waals surface area contributed by atoms with Crippen LogP contribution < -0.4 is 5.43 Å². The van der Waals surface area contributed by atoms with Gasteiger partial charge in [-0.15, -0.1) is 0 Å². The highest BCUT2D eigenvalue weighted by Gasteiger charge is 2.28. The number of nitrogens with zero attached hydrogens (tertiary/aromatic N) is 2. The van der Waals surface area contributed by atoms with Crippen LogP contribution in [0.3, 0.4) is 0 Å². The van der Waals surface area contributed by atoms with Gasteiger partial charge in [0, 0.05) is 5.56 Å². The summed E-state index contributed by atoms with van der Waals surface area (Å²) in [4.78, 5) is 17.3. The van der Waals surface area contributed by atoms with Crippen molar-refractivity contribution < 1.29 is 14.4 Å². The average molecular weight is 291 g/mol. The van der Waals surface area contributed by atoms with Crippen molar-refractivity contribution in [3.8, 4) is 0 Å². The van der Waals surface area contributed by atoms with Gasteiger partial charge >= 0.3 is 6.09 Å². The number of carbonyl (C=O) groups is 1. The van der Waals surface area contributed by atoms with Gasteiger partial charge in [-0.3, -0.25) is 5.43 Å². The molecule has 114 valence electrons. The third-order valence-electron chi connectivity index (χ3n) is 2.72. The molecule has 1 N–H and O–H groups in total. The second-order valence-corrected chi connectivity index (χ2v) is 5.68. The molecule has 0 saturated heterocycles. The number of benzene rings is 1. The van der Waals surface area contributed by atoms with Crippen LogP contribution in [0.4, 0.5) is 10.5 Å². The maximum atomic E-state index is 12.2. The Labute approximate surface area is 124 Å². The van der Waals surface area contributed by atoms with Crippen LogP contribution in [0.2, 0.25) is 0 Å². The van der Waals surface area contributed by atoms with Gasteiger partial charge in [0.15, 0.2) is 0 Å². The first-order valence-corrected chi connectivity index (χ1v) is 6.96. The molecule has 0 radical (unpaired) electrons. The molecular formula is C15H21N3O3. The van der Waals surface area contributed by atoms with E-state index < -0.39 is 11.7 Å². The Bertz CT molecular complexity index is 549. The minimum absolute atomic E-state index is 0.284. The Hall–Kier alpha value is -2.24. The Morgan fingerprint density at radius 2 is 2.10 bits per heavy atom. The van der Waals surface area contributed by atoms with Crippen LogP contribution in [0.1, 0.15) is 33.3 Å². The fraction of sp³-hybridized carbons (Fsp3) is 0.467. The highest BCUT2D eigenvalue weighted by atomic mass is 16.6. The number of anilines is 1. The number of fused-ring (bicyclic) bond motifs is 1. The van der Waals surface area contributed by atoms with Crippen LogP contribution in [-0.2, 0) is 9.57 Å². The molecule has 0 bridgehead atoms. The molecule has 1 aromatic rings. The smallest absolute Gasteiger partial charge is 0.429 e. The Morgan fingerprint density at radius 1 is 1.38 bits per heavy atom. The monoisotopic (exact) mass is 291 g/mol. The molecule has 0 unspecified atom stereocenters. The summed E-state index contributed by atoms with van der Waals surface area (Å²) in [5.41, 5.74) is 4.91. The molecule has 1 amide bonds. The van der Waals surface area contributed by atoms with Gasteiger partial charge in [-0.05, 0) is 33.8 Å². The number of para-hydroxylation sites is 1. The number of ether oxygens (including phenoxy) is 1. The summed E-state index contributed by atoms with van der Waals surface area (Å²) in [6.07, 6.45) is -0.443. The molecule has 6 heteroatoms. The number of oxime groups is 1. The minimum Gasteiger partial charge on any atom is -0.442 e. The van der Waals surface area contributed by atoms with Gasteiger partial charge in [0.2, 0.25) is 0 Å². The van der Waals surface area contributed by atoms with Crippen molar-refractivity contribution in [2.24, 2.45) is 5.16 Å². The van der Waals surface area contributed by atoms with Crippen LogP contribution in [0.15, 0.2) is 29.4 Å². The van der Waals surface area contributed by atoms with E-state index in [0.717, 1.165) is 11.3 Å². The molecule has 1 heterocycles. The third kappa shape index (κ3) is 3.87. The normalized spacial score (nSPS) is 16.2. The number of hydrogen-bond donors (Lipinski definition) is 1. The van der Waals surface area contributed by atoms with Gasteiger partial charge in [0.05, 0.1) is 12.2 Å². The number of rotatable bonds is 2. The highest BCUT2D eigenvalue weighted by molar-refractivity contribution is 6.08. The zero-order valence-electron chi connectivity index (χ0n) is 12.8. The van der Waals surface area contributed by atoms with E-state index >= 15 is 0 Å². The quantitative estimate of drug-likeness (QED) is 0.851. The molecule has 6 nitrogen and oxygen atoms in total. The SMILES string of the molecule is CCO/N=C1\CN(C(=O)OC(C)(C)C)Nc2ccccc21. The predicted molar refractivity (Wildman–Crippen MR) is 81.2 cm³/mol. The van der Waals surface area contributed by atoms with Gasteiger partial charge in [-0.25, -0.2) is 9.80 Å². The second-order valence-electron chi connectivity index (χ2n) is 5.68. The van der Waals surface area contributed by atoms with E-state index in [2.05, 4.69) is 10.6 Å². The van der Waals surface area contributed by atoms with Crippen molar-refractivity contribution in [2.45, 2.75) is 33.3 Å². The zero-order valence-corrected chi connectivity index (χ0v) is 12.8. The summed E-state index contributed by atoms with van der Waals surface area (Å²) >= 11 is 0. The van der Waals surface area contributed by atoms with Crippen molar-refractivity contribution in [1.29, 1.82) is 0 Å². The minimum atomic E-state index is -0.549. The molecule has 1 aliphatic rings. The second kappa shape index (κ2) is 6.03. The Morgan fingerprint density at radius 3 is 2.76 bits per heavy atom. The third-order valence-corrected chi connectivity index (χ3v) is 2.72. The molecule has 0 fully saturated rings. The molecule has 0 aliphatic carbocycles. The fourth-order valence-corrected chi connectivity index (χ4v) is 1.90. The van der Waals surface area contributed by atoms with E-state index in [1.165, 1.54) is 5.01 Å². The Balaban J connectivity index is 2.24. The predicted octanol–water partition coefficient (Wildman–Crippen LogP) is 3.00. The maximum absolute atomic E-state index is 12.2. The van der Waals surface area contributed by atoms with E-state index in [4.69, 9.17) is 9.57 Å². The molecule has 2 rings (SSSR count). The van der Waals surface area contributed by atoms with E-state index in [1.807, 2.05) is 52.0 Å². The topological polar surface area (TPSA) is 63.2 Å². The van der Waals surface area contributed by atoms with Crippen molar-refractivity contribution in [2.75, 3.05) is 18.6 Å². The van der Waals surface area contributed by atoms with E-state index in [-0.39, 0.29) is 6.54 Å². The summed E-state index contributed by atoms with van der Waals surface area (Å²) in [6.45, 7) is 8.12. The van der Waals surface area contributed by atoms with Gasteiger partial charge in [0.1, 0.15) is 17.9 Å². The van der Waals surface area contributed by atoms with Crippen molar-refractivity contribution in [3.63, 3.8) is 0 Å². The summed E-state index contributed by atoms with van der Waals surface area (Å²) < 4.78 is 5.37. The number of hydrazine groups is 1. The lowest BCUT2D eigenvalue weighted by atomic mass is 10.1. The van der Waals surface area contributed by atoms with Gasteiger partial charge < -0.3 is 9.57 Å². The first kappa shape index (κ1) is 15.2. The average Bonchev–Trinajstić information content (AvgIpc) is 2.42. The first-order chi connectivity index (χ1) is 9.90. The van der Waals surface area contributed by atoms with Crippen LogP contribution in [0.25, 0.3) is 0 Å². The van der Waals surface area contributed by atoms with E-state index in [9.17, 15) is 4.79 Å². The van der Waals surface area contributed by atoms with Gasteiger partial charge in [0.25, 0.3) is 0 Å². The standard InChI is InChI=1S/C15H21N3O3/c1-5-20-17-13-10-18(14(19)21-15(2,3)4)16-12-9-7-6-8-11(12)13/h6-9,16H,5,10H2,1-4H3/b17-13+. The molecule has 0 spiro atoms. The largest absolute Gasteiger partial charge is 0.442 e. The summed E-state index contributed by atoms with van der Waals surface area (Å²) in [5.74, 6) is 0. The van der Waals surface area contributed by atoms with Crippen molar-refractivity contribution >= 4 is 17.5 Å². The molecule has 21 heavy (non-hydrogen) atoms. The molecule has 0 aromatic heterocycles. The van der Waals surface area contributed by atoms with Crippen LogP contribution >= 0.6 is 0 Å². The lowest BCUT2D eigenvalue weighted by Crippen LogP contribution is -2.46.